The third-order valence-electron chi connectivity index (χ3n) is 4.88. The second-order valence-electron chi connectivity index (χ2n) is 6.74. The summed E-state index contributed by atoms with van der Waals surface area (Å²) in [4.78, 5) is 26.1. The van der Waals surface area contributed by atoms with Crippen LogP contribution in [0.25, 0.3) is 0 Å². The standard InChI is InChI=1S/C19H20N4O3S3/c24-15(20-11-13-5-3-9-26-13)12-28-18-23-22-17(29-18)21-16(25)19(7-1-2-8-19)14-6-4-10-27-14/h3-6,9-10H,1-2,7-8,11-12H2,(H,20,24)(H,21,22,25). The van der Waals surface area contributed by atoms with Crippen LogP contribution in [0.15, 0.2) is 44.7 Å². The summed E-state index contributed by atoms with van der Waals surface area (Å²) >= 11 is 4.21. The molecule has 2 amide bonds. The first-order valence-electron chi connectivity index (χ1n) is 9.26. The molecule has 0 bridgehead atoms. The van der Waals surface area contributed by atoms with E-state index in [1.165, 1.54) is 23.1 Å². The number of rotatable bonds is 8. The van der Waals surface area contributed by atoms with Crippen LogP contribution in [0.1, 0.15) is 36.3 Å². The molecule has 0 atom stereocenters. The number of thioether (sulfide) groups is 1. The number of aromatic nitrogens is 2. The Labute approximate surface area is 180 Å². The number of nitrogens with one attached hydrogen (secondary N) is 2. The highest BCUT2D eigenvalue weighted by molar-refractivity contribution is 8.01. The highest BCUT2D eigenvalue weighted by Crippen LogP contribution is 2.44. The van der Waals surface area contributed by atoms with Crippen molar-refractivity contribution < 1.29 is 14.0 Å². The Hall–Kier alpha value is -2.17. The molecule has 0 unspecified atom stereocenters. The predicted octanol–water partition coefficient (Wildman–Crippen LogP) is 4.05. The molecule has 4 rings (SSSR count). The number of thiophene rings is 1. The number of amides is 2. The van der Waals surface area contributed by atoms with Crippen molar-refractivity contribution in [2.75, 3.05) is 11.1 Å². The van der Waals surface area contributed by atoms with Gasteiger partial charge < -0.3 is 9.73 Å². The molecule has 0 saturated heterocycles. The van der Waals surface area contributed by atoms with Crippen molar-refractivity contribution in [3.8, 4) is 0 Å². The van der Waals surface area contributed by atoms with Crippen LogP contribution in [0.4, 0.5) is 5.13 Å². The lowest BCUT2D eigenvalue weighted by molar-refractivity contribution is -0.121. The summed E-state index contributed by atoms with van der Waals surface area (Å²) < 4.78 is 5.83. The Morgan fingerprint density at radius 3 is 2.79 bits per heavy atom. The maximum Gasteiger partial charge on any atom is 0.237 e. The summed E-state index contributed by atoms with van der Waals surface area (Å²) in [7, 11) is 0. The van der Waals surface area contributed by atoms with Crippen LogP contribution in [0, 0.1) is 0 Å². The summed E-state index contributed by atoms with van der Waals surface area (Å²) in [5.74, 6) is 0.801. The van der Waals surface area contributed by atoms with Crippen molar-refractivity contribution in [1.29, 1.82) is 0 Å². The predicted molar refractivity (Wildman–Crippen MR) is 114 cm³/mol. The lowest BCUT2D eigenvalue weighted by Gasteiger charge is -2.25. The van der Waals surface area contributed by atoms with Crippen LogP contribution in [0.5, 0.6) is 0 Å². The Bertz CT molecular complexity index is 947. The van der Waals surface area contributed by atoms with E-state index in [2.05, 4.69) is 20.8 Å². The molecule has 3 heterocycles. The van der Waals surface area contributed by atoms with E-state index in [-0.39, 0.29) is 17.6 Å². The zero-order chi connectivity index (χ0) is 20.1. The second-order valence-corrected chi connectivity index (χ2v) is 9.89. The van der Waals surface area contributed by atoms with Crippen molar-refractivity contribution in [1.82, 2.24) is 15.5 Å². The minimum Gasteiger partial charge on any atom is -0.467 e. The number of nitrogens with zero attached hydrogens (tertiary/aromatic N) is 2. The van der Waals surface area contributed by atoms with E-state index in [0.29, 0.717) is 21.8 Å². The van der Waals surface area contributed by atoms with Gasteiger partial charge in [-0.1, -0.05) is 42.0 Å². The molecular formula is C19H20N4O3S3. The van der Waals surface area contributed by atoms with Gasteiger partial charge in [-0.05, 0) is 36.4 Å². The summed E-state index contributed by atoms with van der Waals surface area (Å²) in [5, 5.41) is 16.4. The number of hydrogen-bond donors (Lipinski definition) is 2. The second kappa shape index (κ2) is 9.10. The number of anilines is 1. The molecule has 0 aliphatic heterocycles. The van der Waals surface area contributed by atoms with E-state index in [9.17, 15) is 9.59 Å². The molecule has 7 nitrogen and oxygen atoms in total. The molecule has 1 fully saturated rings. The number of hydrogen-bond acceptors (Lipinski definition) is 8. The summed E-state index contributed by atoms with van der Waals surface area (Å²) in [6, 6.07) is 7.62. The molecule has 2 N–H and O–H groups in total. The minimum absolute atomic E-state index is 0.0126. The van der Waals surface area contributed by atoms with Gasteiger partial charge in [0.2, 0.25) is 16.9 Å². The normalized spacial score (nSPS) is 15.3. The quantitative estimate of drug-likeness (QED) is 0.399. The van der Waals surface area contributed by atoms with Gasteiger partial charge in [0, 0.05) is 4.88 Å². The summed E-state index contributed by atoms with van der Waals surface area (Å²) in [5.41, 5.74) is -0.459. The Morgan fingerprint density at radius 2 is 2.07 bits per heavy atom. The minimum atomic E-state index is -0.459. The zero-order valence-corrected chi connectivity index (χ0v) is 18.0. The molecule has 3 aromatic rings. The van der Waals surface area contributed by atoms with Crippen LogP contribution >= 0.6 is 34.4 Å². The van der Waals surface area contributed by atoms with Crippen molar-refractivity contribution in [3.63, 3.8) is 0 Å². The average molecular weight is 449 g/mol. The fourth-order valence-corrected chi connectivity index (χ4v) is 5.99. The molecule has 1 aliphatic rings. The topological polar surface area (TPSA) is 97.1 Å². The first-order valence-corrected chi connectivity index (χ1v) is 11.9. The van der Waals surface area contributed by atoms with E-state index in [1.807, 2.05) is 17.5 Å². The number of carbonyl (C=O) groups excluding carboxylic acids is 2. The highest BCUT2D eigenvalue weighted by Gasteiger charge is 2.43. The third kappa shape index (κ3) is 4.71. The lowest BCUT2D eigenvalue weighted by atomic mass is 9.83. The molecule has 29 heavy (non-hydrogen) atoms. The van der Waals surface area contributed by atoms with Gasteiger partial charge in [-0.25, -0.2) is 0 Å². The maximum atomic E-state index is 13.1. The Kier molecular flexibility index (Phi) is 6.31. The lowest BCUT2D eigenvalue weighted by Crippen LogP contribution is -2.37. The fourth-order valence-electron chi connectivity index (χ4n) is 3.43. The third-order valence-corrected chi connectivity index (χ3v) is 7.92. The smallest absolute Gasteiger partial charge is 0.237 e. The van der Waals surface area contributed by atoms with E-state index in [1.54, 1.807) is 29.7 Å². The van der Waals surface area contributed by atoms with Crippen molar-refractivity contribution >= 4 is 51.4 Å². The number of furan rings is 1. The first kappa shape index (κ1) is 20.1. The van der Waals surface area contributed by atoms with Crippen molar-refractivity contribution in [3.05, 3.63) is 46.5 Å². The summed E-state index contributed by atoms with van der Waals surface area (Å²) in [6.45, 7) is 0.356. The fraction of sp³-hybridized carbons (Fsp3) is 0.368. The van der Waals surface area contributed by atoms with Crippen LogP contribution in [0.3, 0.4) is 0 Å². The van der Waals surface area contributed by atoms with E-state index in [4.69, 9.17) is 4.42 Å². The molecule has 3 aromatic heterocycles. The van der Waals surface area contributed by atoms with Crippen LogP contribution in [-0.2, 0) is 21.5 Å². The molecule has 1 aliphatic carbocycles. The average Bonchev–Trinajstić information content (AvgIpc) is 3.52. The monoisotopic (exact) mass is 448 g/mol. The molecule has 0 radical (unpaired) electrons. The summed E-state index contributed by atoms with van der Waals surface area (Å²) in [6.07, 6.45) is 5.39. The Balaban J connectivity index is 1.31. The first-order chi connectivity index (χ1) is 14.2. The van der Waals surface area contributed by atoms with Crippen LogP contribution < -0.4 is 10.6 Å². The van der Waals surface area contributed by atoms with Gasteiger partial charge in [-0.3, -0.25) is 14.9 Å². The van der Waals surface area contributed by atoms with Gasteiger partial charge in [0.25, 0.3) is 0 Å². The van der Waals surface area contributed by atoms with Crippen LogP contribution in [0.2, 0.25) is 0 Å². The maximum absolute atomic E-state index is 13.1. The van der Waals surface area contributed by atoms with Gasteiger partial charge in [0.05, 0.1) is 24.0 Å². The molecule has 10 heteroatoms. The molecule has 152 valence electrons. The molecule has 0 spiro atoms. The van der Waals surface area contributed by atoms with E-state index < -0.39 is 5.41 Å². The number of carbonyl (C=O) groups is 2. The largest absolute Gasteiger partial charge is 0.467 e. The van der Waals surface area contributed by atoms with Crippen molar-refractivity contribution in [2.45, 2.75) is 42.0 Å². The van der Waals surface area contributed by atoms with Gasteiger partial charge in [0.15, 0.2) is 4.34 Å². The van der Waals surface area contributed by atoms with Crippen LogP contribution in [-0.4, -0.2) is 27.8 Å². The van der Waals surface area contributed by atoms with Gasteiger partial charge in [-0.2, -0.15) is 0 Å². The van der Waals surface area contributed by atoms with E-state index >= 15 is 0 Å². The van der Waals surface area contributed by atoms with Gasteiger partial charge in [-0.15, -0.1) is 21.5 Å². The Morgan fingerprint density at radius 1 is 1.21 bits per heavy atom. The van der Waals surface area contributed by atoms with E-state index in [0.717, 1.165) is 30.6 Å². The zero-order valence-electron chi connectivity index (χ0n) is 15.6. The van der Waals surface area contributed by atoms with Gasteiger partial charge in [0.1, 0.15) is 5.76 Å². The van der Waals surface area contributed by atoms with Gasteiger partial charge >= 0.3 is 0 Å². The highest BCUT2D eigenvalue weighted by atomic mass is 32.2. The molecule has 1 saturated carbocycles. The molecular weight excluding hydrogens is 428 g/mol. The molecule has 0 aromatic carbocycles. The SMILES string of the molecule is O=C(CSc1nnc(NC(=O)C2(c3cccs3)CCCC2)s1)NCc1ccco1. The van der Waals surface area contributed by atoms with Crippen molar-refractivity contribution in [2.24, 2.45) is 0 Å².